The van der Waals surface area contributed by atoms with E-state index in [1.165, 1.54) is 12.1 Å². The molecule has 2 atom stereocenters. The zero-order chi connectivity index (χ0) is 21.1. The van der Waals surface area contributed by atoms with Crippen LogP contribution in [0.1, 0.15) is 33.8 Å². The summed E-state index contributed by atoms with van der Waals surface area (Å²) in [5.41, 5.74) is 1.45. The molecule has 3 aromatic rings. The Bertz CT molecular complexity index is 1320. The number of carboxylic acids is 1. The Hall–Kier alpha value is -3.29. The van der Waals surface area contributed by atoms with Crippen LogP contribution in [0, 0.1) is 0 Å². The molecule has 1 saturated carbocycles. The van der Waals surface area contributed by atoms with Crippen LogP contribution in [-0.4, -0.2) is 30.8 Å². The van der Waals surface area contributed by atoms with E-state index in [1.807, 2.05) is 18.2 Å². The lowest BCUT2D eigenvalue weighted by Gasteiger charge is -2.16. The number of rotatable bonds is 5. The van der Waals surface area contributed by atoms with Crippen molar-refractivity contribution < 1.29 is 23.1 Å². The van der Waals surface area contributed by atoms with Crippen LogP contribution in [0.15, 0.2) is 77.7 Å². The molecule has 0 unspecified atom stereocenters. The van der Waals surface area contributed by atoms with Crippen molar-refractivity contribution in [2.75, 3.05) is 0 Å². The zero-order valence-electron chi connectivity index (χ0n) is 15.7. The highest BCUT2D eigenvalue weighted by Gasteiger charge is 2.63. The summed E-state index contributed by atoms with van der Waals surface area (Å²) in [5.74, 6) is -1.91. The van der Waals surface area contributed by atoms with E-state index in [1.54, 1.807) is 42.5 Å². The predicted molar refractivity (Wildman–Crippen MR) is 110 cm³/mol. The van der Waals surface area contributed by atoms with Gasteiger partial charge in [0.05, 0.1) is 4.90 Å². The first kappa shape index (κ1) is 18.7. The van der Waals surface area contributed by atoms with Crippen molar-refractivity contribution in [1.82, 2.24) is 4.72 Å². The lowest BCUT2D eigenvalue weighted by molar-refractivity contribution is -0.140. The van der Waals surface area contributed by atoms with Crippen molar-refractivity contribution >= 4 is 21.8 Å². The highest BCUT2D eigenvalue weighted by atomic mass is 32.2. The second-order valence-electron chi connectivity index (χ2n) is 7.63. The van der Waals surface area contributed by atoms with E-state index >= 15 is 0 Å². The standard InChI is InChI=1S/C23H17NO5S/c25-21-18-9-5-4-8-16(18)17-11-10-15(12-19(17)21)30(28,29)24-23(22(26)27)13-20(23)14-6-2-1-3-7-14/h1-12,20,24H,13H2,(H,26,27)/t20-,23+/m0/s1. The van der Waals surface area contributed by atoms with Crippen molar-refractivity contribution in [1.29, 1.82) is 0 Å². The number of hydrogen-bond acceptors (Lipinski definition) is 4. The molecule has 0 saturated heterocycles. The van der Waals surface area contributed by atoms with Gasteiger partial charge in [-0.2, -0.15) is 4.72 Å². The largest absolute Gasteiger partial charge is 0.480 e. The third kappa shape index (κ3) is 2.70. The average molecular weight is 419 g/mol. The van der Waals surface area contributed by atoms with Gasteiger partial charge >= 0.3 is 5.97 Å². The molecule has 0 aromatic heterocycles. The van der Waals surface area contributed by atoms with Gasteiger partial charge in [0, 0.05) is 17.0 Å². The van der Waals surface area contributed by atoms with Gasteiger partial charge in [0.15, 0.2) is 5.78 Å². The smallest absolute Gasteiger partial charge is 0.325 e. The molecule has 2 aliphatic carbocycles. The van der Waals surface area contributed by atoms with E-state index < -0.39 is 27.4 Å². The van der Waals surface area contributed by atoms with Gasteiger partial charge in [0.25, 0.3) is 0 Å². The number of carbonyl (C=O) groups is 2. The molecule has 0 radical (unpaired) electrons. The number of ketones is 1. The topological polar surface area (TPSA) is 101 Å². The molecule has 6 nitrogen and oxygen atoms in total. The Kier molecular flexibility index (Phi) is 3.96. The highest BCUT2D eigenvalue weighted by molar-refractivity contribution is 7.89. The molecular weight excluding hydrogens is 402 g/mol. The van der Waals surface area contributed by atoms with Gasteiger partial charge in [-0.05, 0) is 35.2 Å². The number of benzene rings is 3. The number of carbonyl (C=O) groups excluding carboxylic acids is 1. The minimum absolute atomic E-state index is 0.123. The second-order valence-corrected chi connectivity index (χ2v) is 9.31. The average Bonchev–Trinajstić information content (AvgIpc) is 3.41. The van der Waals surface area contributed by atoms with E-state index in [9.17, 15) is 23.1 Å². The predicted octanol–water partition coefficient (Wildman–Crippen LogP) is 3.19. The van der Waals surface area contributed by atoms with Crippen LogP contribution in [0.3, 0.4) is 0 Å². The van der Waals surface area contributed by atoms with Crippen molar-refractivity contribution in [3.8, 4) is 11.1 Å². The van der Waals surface area contributed by atoms with Crippen molar-refractivity contribution in [3.05, 3.63) is 89.5 Å². The second kappa shape index (κ2) is 6.35. The Labute approximate surface area is 173 Å². The molecular formula is C23H17NO5S. The van der Waals surface area contributed by atoms with Crippen molar-refractivity contribution in [2.45, 2.75) is 22.8 Å². The number of carboxylic acid groups (broad SMARTS) is 1. The first-order valence-electron chi connectivity index (χ1n) is 9.44. The number of nitrogens with one attached hydrogen (secondary N) is 1. The monoisotopic (exact) mass is 419 g/mol. The first-order valence-corrected chi connectivity index (χ1v) is 10.9. The maximum Gasteiger partial charge on any atom is 0.325 e. The third-order valence-electron chi connectivity index (χ3n) is 5.87. The molecule has 5 rings (SSSR count). The van der Waals surface area contributed by atoms with E-state index in [2.05, 4.69) is 4.72 Å². The molecule has 0 spiro atoms. The van der Waals surface area contributed by atoms with Crippen molar-refractivity contribution in [2.24, 2.45) is 0 Å². The van der Waals surface area contributed by atoms with Gasteiger partial charge in [-0.25, -0.2) is 8.42 Å². The van der Waals surface area contributed by atoms with Gasteiger partial charge in [-0.3, -0.25) is 9.59 Å². The first-order chi connectivity index (χ1) is 14.3. The summed E-state index contributed by atoms with van der Waals surface area (Å²) >= 11 is 0. The van der Waals surface area contributed by atoms with Gasteiger partial charge in [0.2, 0.25) is 10.0 Å². The minimum Gasteiger partial charge on any atom is -0.480 e. The van der Waals surface area contributed by atoms with Crippen LogP contribution in [0.5, 0.6) is 0 Å². The molecule has 2 N–H and O–H groups in total. The van der Waals surface area contributed by atoms with Crippen molar-refractivity contribution in [3.63, 3.8) is 0 Å². The van der Waals surface area contributed by atoms with Crippen LogP contribution in [0.2, 0.25) is 0 Å². The zero-order valence-corrected chi connectivity index (χ0v) is 16.5. The van der Waals surface area contributed by atoms with Crippen LogP contribution in [0.4, 0.5) is 0 Å². The lowest BCUT2D eigenvalue weighted by atomic mass is 10.1. The van der Waals surface area contributed by atoms with Gasteiger partial charge in [-0.1, -0.05) is 60.7 Å². The Morgan fingerprint density at radius 3 is 2.23 bits per heavy atom. The molecule has 1 fully saturated rings. The molecule has 0 amide bonds. The third-order valence-corrected chi connectivity index (χ3v) is 7.38. The maximum atomic E-state index is 13.1. The molecule has 150 valence electrons. The Balaban J connectivity index is 1.50. The summed E-state index contributed by atoms with van der Waals surface area (Å²) < 4.78 is 28.5. The normalized spacial score (nSPS) is 21.7. The molecule has 0 heterocycles. The summed E-state index contributed by atoms with van der Waals surface area (Å²) in [5, 5.41) is 9.78. The van der Waals surface area contributed by atoms with Crippen LogP contribution >= 0.6 is 0 Å². The summed E-state index contributed by atoms with van der Waals surface area (Å²) in [6, 6.07) is 20.4. The molecule has 7 heteroatoms. The number of aliphatic carboxylic acids is 1. The molecule has 2 aliphatic rings. The number of hydrogen-bond donors (Lipinski definition) is 2. The van der Waals surface area contributed by atoms with E-state index in [-0.39, 0.29) is 17.1 Å². The van der Waals surface area contributed by atoms with Gasteiger partial charge < -0.3 is 5.11 Å². The quantitative estimate of drug-likeness (QED) is 0.517. The molecule has 0 aliphatic heterocycles. The van der Waals surface area contributed by atoms with E-state index in [4.69, 9.17) is 0 Å². The number of sulfonamides is 1. The lowest BCUT2D eigenvalue weighted by Crippen LogP contribution is -2.44. The maximum absolute atomic E-state index is 13.1. The van der Waals surface area contributed by atoms with Gasteiger partial charge in [-0.15, -0.1) is 0 Å². The fourth-order valence-electron chi connectivity index (χ4n) is 4.22. The fourth-order valence-corrected chi connectivity index (χ4v) is 5.65. The van der Waals surface area contributed by atoms with E-state index in [0.29, 0.717) is 16.7 Å². The van der Waals surface area contributed by atoms with Crippen LogP contribution in [0.25, 0.3) is 11.1 Å². The number of fused-ring (bicyclic) bond motifs is 3. The fraction of sp³-hybridized carbons (Fsp3) is 0.130. The summed E-state index contributed by atoms with van der Waals surface area (Å²) in [7, 11) is -4.16. The van der Waals surface area contributed by atoms with Crippen LogP contribution < -0.4 is 4.72 Å². The summed E-state index contributed by atoms with van der Waals surface area (Å²) in [6.45, 7) is 0. The van der Waals surface area contributed by atoms with Gasteiger partial charge in [0.1, 0.15) is 5.54 Å². The highest BCUT2D eigenvalue weighted by Crippen LogP contribution is 2.52. The SMILES string of the molecule is O=C1c2ccccc2-c2ccc(S(=O)(=O)N[C@]3(C(=O)O)C[C@H]3c3ccccc3)cc21. The summed E-state index contributed by atoms with van der Waals surface area (Å²) in [4.78, 5) is 24.6. The Morgan fingerprint density at radius 1 is 0.900 bits per heavy atom. The van der Waals surface area contributed by atoms with Crippen LogP contribution in [-0.2, 0) is 14.8 Å². The molecule has 30 heavy (non-hydrogen) atoms. The Morgan fingerprint density at radius 2 is 1.53 bits per heavy atom. The minimum atomic E-state index is -4.16. The molecule has 3 aromatic carbocycles. The molecule has 0 bridgehead atoms. The summed E-state index contributed by atoms with van der Waals surface area (Å²) in [6.07, 6.45) is 0.168. The van der Waals surface area contributed by atoms with E-state index in [0.717, 1.165) is 11.1 Å².